The Morgan fingerprint density at radius 2 is 2.00 bits per heavy atom. The van der Waals surface area contributed by atoms with E-state index in [0.29, 0.717) is 5.94 Å². The molecule has 0 fully saturated rings. The molecule has 1 heterocycles. The Hall–Kier alpha value is -1.11. The summed E-state index contributed by atoms with van der Waals surface area (Å²) in [6, 6.07) is 2.42. The molecule has 4 nitrogen and oxygen atoms in total. The maximum atomic E-state index is 14.3. The van der Waals surface area contributed by atoms with Crippen molar-refractivity contribution < 1.29 is 13.5 Å². The minimum atomic E-state index is -0.767. The van der Waals surface area contributed by atoms with Gasteiger partial charge in [0.05, 0.1) is 10.7 Å². The van der Waals surface area contributed by atoms with Gasteiger partial charge >= 0.3 is 5.76 Å². The van der Waals surface area contributed by atoms with Crippen molar-refractivity contribution in [2.75, 3.05) is 12.2 Å². The van der Waals surface area contributed by atoms with Gasteiger partial charge in [0.15, 0.2) is 10.9 Å². The van der Waals surface area contributed by atoms with E-state index in [1.165, 1.54) is 17.8 Å². The summed E-state index contributed by atoms with van der Waals surface area (Å²) in [7, 11) is 0. The molecule has 0 aliphatic rings. The molecule has 1 aromatic carbocycles. The Bertz CT molecular complexity index is 780. The Kier molecular flexibility index (Phi) is 5.38. The minimum Gasteiger partial charge on any atom is -0.481 e. The number of oxazole rings is 1. The van der Waals surface area contributed by atoms with Gasteiger partial charge in [0, 0.05) is 11.5 Å². The van der Waals surface area contributed by atoms with Crippen molar-refractivity contribution in [3.63, 3.8) is 0 Å². The van der Waals surface area contributed by atoms with Crippen LogP contribution in [0.1, 0.15) is 26.5 Å². The van der Waals surface area contributed by atoms with Crippen LogP contribution in [0.4, 0.5) is 4.39 Å². The second-order valence-corrected chi connectivity index (χ2v) is 7.44. The van der Waals surface area contributed by atoms with Crippen LogP contribution in [0.2, 0.25) is 10.2 Å². The third-order valence-electron chi connectivity index (χ3n) is 3.01. The Morgan fingerprint density at radius 1 is 1.35 bits per heavy atom. The van der Waals surface area contributed by atoms with Gasteiger partial charge in [-0.05, 0) is 12.3 Å². The number of hydrogen-bond donors (Lipinski definition) is 0. The third kappa shape index (κ3) is 3.70. The number of thioether (sulfide) groups is 1. The highest BCUT2D eigenvalue weighted by atomic mass is 35.5. The van der Waals surface area contributed by atoms with E-state index in [2.05, 4.69) is 0 Å². The van der Waals surface area contributed by atoms with Crippen LogP contribution in [0.3, 0.4) is 0 Å². The molecular weight excluding hydrogens is 364 g/mol. The fourth-order valence-corrected chi connectivity index (χ4v) is 2.88. The predicted octanol–water partition coefficient (Wildman–Crippen LogP) is 4.87. The average molecular weight is 380 g/mol. The lowest BCUT2D eigenvalue weighted by molar-refractivity contribution is 0.384. The number of halogens is 3. The van der Waals surface area contributed by atoms with E-state index in [1.54, 1.807) is 0 Å². The number of benzene rings is 1. The summed E-state index contributed by atoms with van der Waals surface area (Å²) in [6.45, 7) is 5.52. The molecule has 0 aliphatic carbocycles. The smallest absolute Gasteiger partial charge is 0.425 e. The quantitative estimate of drug-likeness (QED) is 0.710. The average Bonchev–Trinajstić information content (AvgIpc) is 2.74. The Labute approximate surface area is 147 Å². The topological polar surface area (TPSA) is 44.4 Å². The van der Waals surface area contributed by atoms with Gasteiger partial charge in [-0.2, -0.15) is 0 Å². The standard InChI is InChI=1S/C15H16Cl2FNO3S/c1-15(2,3)12-13(17)19(14(20)22-12)10-6-11(21-7-23-4)8(16)5-9(10)18/h5-6H,7H2,1-4H3. The van der Waals surface area contributed by atoms with Crippen LogP contribution in [0.5, 0.6) is 5.75 Å². The van der Waals surface area contributed by atoms with Crippen LogP contribution < -0.4 is 10.5 Å². The maximum absolute atomic E-state index is 14.3. The zero-order chi connectivity index (χ0) is 17.4. The van der Waals surface area contributed by atoms with Gasteiger partial charge < -0.3 is 9.15 Å². The summed E-state index contributed by atoms with van der Waals surface area (Å²) < 4.78 is 25.9. The second kappa shape index (κ2) is 6.79. The zero-order valence-corrected chi connectivity index (χ0v) is 15.4. The van der Waals surface area contributed by atoms with Crippen LogP contribution in [0.15, 0.2) is 21.3 Å². The summed E-state index contributed by atoms with van der Waals surface area (Å²) in [5.74, 6) is -0.579. The first-order valence-electron chi connectivity index (χ1n) is 6.69. The highest BCUT2D eigenvalue weighted by Gasteiger charge is 2.28. The Balaban J connectivity index is 2.63. The highest BCUT2D eigenvalue weighted by molar-refractivity contribution is 7.98. The zero-order valence-electron chi connectivity index (χ0n) is 13.1. The van der Waals surface area contributed by atoms with E-state index in [4.69, 9.17) is 32.4 Å². The summed E-state index contributed by atoms with van der Waals surface area (Å²) >= 11 is 13.6. The fraction of sp³-hybridized carbons (Fsp3) is 0.400. The van der Waals surface area contributed by atoms with Gasteiger partial charge in [-0.1, -0.05) is 44.0 Å². The number of aromatic nitrogens is 1. The van der Waals surface area contributed by atoms with Crippen molar-refractivity contribution in [2.45, 2.75) is 26.2 Å². The summed E-state index contributed by atoms with van der Waals surface area (Å²) in [4.78, 5) is 12.1. The predicted molar refractivity (Wildman–Crippen MR) is 92.0 cm³/mol. The van der Waals surface area contributed by atoms with E-state index in [1.807, 2.05) is 27.0 Å². The first-order chi connectivity index (χ1) is 10.7. The van der Waals surface area contributed by atoms with Crippen LogP contribution in [0, 0.1) is 5.82 Å². The monoisotopic (exact) mass is 379 g/mol. The third-order valence-corrected chi connectivity index (χ3v) is 4.00. The molecule has 8 heteroatoms. The van der Waals surface area contributed by atoms with E-state index < -0.39 is 17.0 Å². The molecule has 2 aromatic rings. The van der Waals surface area contributed by atoms with Crippen LogP contribution in [-0.4, -0.2) is 16.8 Å². The summed E-state index contributed by atoms with van der Waals surface area (Å²) in [5.41, 5.74) is -0.567. The van der Waals surface area contributed by atoms with E-state index in [9.17, 15) is 9.18 Å². The van der Waals surface area contributed by atoms with Crippen molar-refractivity contribution in [3.8, 4) is 11.4 Å². The van der Waals surface area contributed by atoms with Crippen molar-refractivity contribution in [1.82, 2.24) is 4.57 Å². The van der Waals surface area contributed by atoms with Crippen LogP contribution >= 0.6 is 35.0 Å². The molecular formula is C15H16Cl2FNO3S. The second-order valence-electron chi connectivity index (χ2n) is 5.86. The van der Waals surface area contributed by atoms with Crippen LogP contribution in [-0.2, 0) is 5.41 Å². The summed E-state index contributed by atoms with van der Waals surface area (Å²) in [6.07, 6.45) is 1.85. The Morgan fingerprint density at radius 3 is 2.52 bits per heavy atom. The molecule has 0 aliphatic heterocycles. The minimum absolute atomic E-state index is 0.0274. The van der Waals surface area contributed by atoms with Gasteiger partial charge in [0.25, 0.3) is 0 Å². The molecule has 0 saturated heterocycles. The van der Waals surface area contributed by atoms with Crippen molar-refractivity contribution in [3.05, 3.63) is 44.4 Å². The van der Waals surface area contributed by atoms with Gasteiger partial charge in [0.1, 0.15) is 17.5 Å². The van der Waals surface area contributed by atoms with Crippen molar-refractivity contribution in [2.24, 2.45) is 0 Å². The molecule has 0 saturated carbocycles. The molecule has 0 amide bonds. The maximum Gasteiger partial charge on any atom is 0.425 e. The molecule has 0 spiro atoms. The van der Waals surface area contributed by atoms with Crippen LogP contribution in [0.25, 0.3) is 5.69 Å². The molecule has 0 unspecified atom stereocenters. The lowest BCUT2D eigenvalue weighted by Crippen LogP contribution is -2.14. The van der Waals surface area contributed by atoms with Gasteiger partial charge in [-0.25, -0.2) is 13.8 Å². The number of hydrogen-bond acceptors (Lipinski definition) is 4. The van der Waals surface area contributed by atoms with Crippen molar-refractivity contribution >= 4 is 35.0 Å². The largest absolute Gasteiger partial charge is 0.481 e. The number of rotatable bonds is 4. The molecule has 0 atom stereocenters. The molecule has 0 N–H and O–H groups in total. The van der Waals surface area contributed by atoms with Crippen molar-refractivity contribution in [1.29, 1.82) is 0 Å². The highest BCUT2D eigenvalue weighted by Crippen LogP contribution is 2.34. The van der Waals surface area contributed by atoms with E-state index in [0.717, 1.165) is 10.6 Å². The number of ether oxygens (including phenoxy) is 1. The first kappa shape index (κ1) is 18.2. The van der Waals surface area contributed by atoms with Gasteiger partial charge in [0.2, 0.25) is 0 Å². The molecule has 126 valence electrons. The fourth-order valence-electron chi connectivity index (χ4n) is 1.95. The lowest BCUT2D eigenvalue weighted by atomic mass is 9.94. The number of nitrogens with zero attached hydrogens (tertiary/aromatic N) is 1. The summed E-state index contributed by atoms with van der Waals surface area (Å²) in [5, 5.41) is 0.142. The molecule has 1 aromatic heterocycles. The molecule has 0 bridgehead atoms. The van der Waals surface area contributed by atoms with Gasteiger partial charge in [-0.3, -0.25) is 0 Å². The molecule has 23 heavy (non-hydrogen) atoms. The van der Waals surface area contributed by atoms with E-state index in [-0.39, 0.29) is 27.4 Å². The SMILES string of the molecule is CSCOc1cc(-n2c(Cl)c(C(C)(C)C)oc2=O)c(F)cc1Cl. The molecule has 0 radical (unpaired) electrons. The normalized spacial score (nSPS) is 11.8. The lowest BCUT2D eigenvalue weighted by Gasteiger charge is -2.15. The molecule has 2 rings (SSSR count). The first-order valence-corrected chi connectivity index (χ1v) is 8.84. The van der Waals surface area contributed by atoms with E-state index >= 15 is 0 Å². The van der Waals surface area contributed by atoms with Gasteiger partial charge in [-0.15, -0.1) is 11.8 Å².